The first kappa shape index (κ1) is 14.3. The third-order valence-corrected chi connectivity index (χ3v) is 3.42. The van der Waals surface area contributed by atoms with Gasteiger partial charge in [0, 0.05) is 6.08 Å². The quantitative estimate of drug-likeness (QED) is 0.881. The average molecular weight is 299 g/mol. The SMILES string of the molecule is Cc1ccc(/C=C/C(=O)NC(C)c2ccc3c(c2)OCO3)o1. The molecule has 0 saturated carbocycles. The Morgan fingerprint density at radius 1 is 1.23 bits per heavy atom. The molecule has 1 aliphatic heterocycles. The molecule has 0 saturated heterocycles. The maximum Gasteiger partial charge on any atom is 0.244 e. The van der Waals surface area contributed by atoms with E-state index in [2.05, 4.69) is 5.32 Å². The summed E-state index contributed by atoms with van der Waals surface area (Å²) >= 11 is 0. The number of rotatable bonds is 4. The van der Waals surface area contributed by atoms with Crippen LogP contribution in [-0.2, 0) is 4.79 Å². The first-order chi connectivity index (χ1) is 10.6. The Kier molecular flexibility index (Phi) is 3.87. The predicted octanol–water partition coefficient (Wildman–Crippen LogP) is 3.21. The highest BCUT2D eigenvalue weighted by Crippen LogP contribution is 2.34. The molecule has 1 aromatic carbocycles. The van der Waals surface area contributed by atoms with Gasteiger partial charge in [-0.2, -0.15) is 0 Å². The van der Waals surface area contributed by atoms with Crippen molar-refractivity contribution in [3.8, 4) is 11.5 Å². The smallest absolute Gasteiger partial charge is 0.244 e. The molecule has 114 valence electrons. The highest BCUT2D eigenvalue weighted by molar-refractivity contribution is 5.91. The van der Waals surface area contributed by atoms with Gasteiger partial charge in [-0.25, -0.2) is 0 Å². The van der Waals surface area contributed by atoms with Gasteiger partial charge in [-0.05, 0) is 49.8 Å². The largest absolute Gasteiger partial charge is 0.462 e. The van der Waals surface area contributed by atoms with Crippen molar-refractivity contribution in [2.75, 3.05) is 6.79 Å². The normalized spacial score (nSPS) is 14.3. The number of carbonyl (C=O) groups excluding carboxylic acids is 1. The van der Waals surface area contributed by atoms with E-state index < -0.39 is 0 Å². The van der Waals surface area contributed by atoms with Crippen molar-refractivity contribution in [3.05, 3.63) is 53.5 Å². The molecule has 5 nitrogen and oxygen atoms in total. The fourth-order valence-electron chi connectivity index (χ4n) is 2.23. The molecule has 1 unspecified atom stereocenters. The average Bonchev–Trinajstić information content (AvgIpc) is 3.12. The molecule has 5 heteroatoms. The van der Waals surface area contributed by atoms with Gasteiger partial charge in [-0.1, -0.05) is 6.07 Å². The summed E-state index contributed by atoms with van der Waals surface area (Å²) in [5, 5.41) is 2.90. The Morgan fingerprint density at radius 2 is 2.05 bits per heavy atom. The molecule has 0 fully saturated rings. The standard InChI is InChI=1S/C17H17NO4/c1-11-3-5-14(22-11)6-8-17(19)18-12(2)13-4-7-15-16(9-13)21-10-20-15/h3-9,12H,10H2,1-2H3,(H,18,19)/b8-6+. The van der Waals surface area contributed by atoms with Crippen LogP contribution in [0.25, 0.3) is 6.08 Å². The lowest BCUT2D eigenvalue weighted by Crippen LogP contribution is -2.24. The van der Waals surface area contributed by atoms with Crippen molar-refractivity contribution in [2.45, 2.75) is 19.9 Å². The van der Waals surface area contributed by atoms with E-state index in [1.54, 1.807) is 6.08 Å². The molecule has 2 aromatic rings. The monoisotopic (exact) mass is 299 g/mol. The number of ether oxygens (including phenoxy) is 2. The van der Waals surface area contributed by atoms with E-state index in [9.17, 15) is 4.79 Å². The summed E-state index contributed by atoms with van der Waals surface area (Å²) in [6.45, 7) is 4.02. The number of benzene rings is 1. The van der Waals surface area contributed by atoms with E-state index in [4.69, 9.17) is 13.9 Å². The van der Waals surface area contributed by atoms with Crippen molar-refractivity contribution < 1.29 is 18.7 Å². The number of furan rings is 1. The Labute approximate surface area is 128 Å². The van der Waals surface area contributed by atoms with Gasteiger partial charge in [0.25, 0.3) is 0 Å². The fourth-order valence-corrected chi connectivity index (χ4v) is 2.23. The van der Waals surface area contributed by atoms with E-state index in [0.717, 1.165) is 17.1 Å². The number of hydrogen-bond acceptors (Lipinski definition) is 4. The Hall–Kier alpha value is -2.69. The number of aryl methyl sites for hydroxylation is 1. The van der Waals surface area contributed by atoms with Crippen molar-refractivity contribution >= 4 is 12.0 Å². The van der Waals surface area contributed by atoms with Crippen LogP contribution in [0.5, 0.6) is 11.5 Å². The molecular formula is C17H17NO4. The summed E-state index contributed by atoms with van der Waals surface area (Å²) in [5.41, 5.74) is 0.958. The molecule has 0 radical (unpaired) electrons. The lowest BCUT2D eigenvalue weighted by atomic mass is 10.1. The van der Waals surface area contributed by atoms with Gasteiger partial charge in [-0.15, -0.1) is 0 Å². The van der Waals surface area contributed by atoms with Crippen LogP contribution >= 0.6 is 0 Å². The number of carbonyl (C=O) groups is 1. The Bertz CT molecular complexity index is 717. The van der Waals surface area contributed by atoms with Crippen LogP contribution in [-0.4, -0.2) is 12.7 Å². The minimum Gasteiger partial charge on any atom is -0.462 e. The van der Waals surface area contributed by atoms with E-state index in [-0.39, 0.29) is 18.7 Å². The van der Waals surface area contributed by atoms with Crippen LogP contribution in [0.15, 0.2) is 40.8 Å². The van der Waals surface area contributed by atoms with Crippen molar-refractivity contribution in [1.29, 1.82) is 0 Å². The second-order valence-electron chi connectivity index (χ2n) is 5.12. The van der Waals surface area contributed by atoms with Crippen LogP contribution in [0.1, 0.15) is 30.0 Å². The summed E-state index contributed by atoms with van der Waals surface area (Å²) in [6.07, 6.45) is 3.11. The number of amides is 1. The zero-order valence-electron chi connectivity index (χ0n) is 12.5. The maximum atomic E-state index is 11.9. The molecule has 3 rings (SSSR count). The lowest BCUT2D eigenvalue weighted by Gasteiger charge is -2.13. The Morgan fingerprint density at radius 3 is 2.82 bits per heavy atom. The molecule has 22 heavy (non-hydrogen) atoms. The second-order valence-corrected chi connectivity index (χ2v) is 5.12. The van der Waals surface area contributed by atoms with Gasteiger partial charge in [-0.3, -0.25) is 4.79 Å². The minimum atomic E-state index is -0.181. The fraction of sp³-hybridized carbons (Fsp3) is 0.235. The topological polar surface area (TPSA) is 60.7 Å². The van der Waals surface area contributed by atoms with Gasteiger partial charge < -0.3 is 19.2 Å². The summed E-state index contributed by atoms with van der Waals surface area (Å²) in [6, 6.07) is 9.19. The molecule has 0 bridgehead atoms. The molecule has 2 heterocycles. The van der Waals surface area contributed by atoms with Crippen molar-refractivity contribution in [1.82, 2.24) is 5.32 Å². The molecule has 1 aliphatic rings. The summed E-state index contributed by atoms with van der Waals surface area (Å²) in [5.74, 6) is 2.73. The number of nitrogens with one attached hydrogen (secondary N) is 1. The lowest BCUT2D eigenvalue weighted by molar-refractivity contribution is -0.117. The summed E-state index contributed by atoms with van der Waals surface area (Å²) in [7, 11) is 0. The zero-order valence-corrected chi connectivity index (χ0v) is 12.5. The molecule has 1 aromatic heterocycles. The van der Waals surface area contributed by atoms with E-state index in [0.29, 0.717) is 11.5 Å². The van der Waals surface area contributed by atoms with E-state index >= 15 is 0 Å². The zero-order chi connectivity index (χ0) is 15.5. The molecule has 0 spiro atoms. The van der Waals surface area contributed by atoms with Crippen LogP contribution in [0.4, 0.5) is 0 Å². The molecular weight excluding hydrogens is 282 g/mol. The van der Waals surface area contributed by atoms with Crippen molar-refractivity contribution in [3.63, 3.8) is 0 Å². The van der Waals surface area contributed by atoms with Gasteiger partial charge in [0.15, 0.2) is 11.5 Å². The molecule has 1 amide bonds. The van der Waals surface area contributed by atoms with Crippen LogP contribution in [0, 0.1) is 6.92 Å². The van der Waals surface area contributed by atoms with E-state index in [1.807, 2.05) is 44.2 Å². The third-order valence-electron chi connectivity index (χ3n) is 3.42. The Balaban J connectivity index is 1.62. The summed E-state index contributed by atoms with van der Waals surface area (Å²) in [4.78, 5) is 11.9. The molecule has 1 N–H and O–H groups in total. The summed E-state index contributed by atoms with van der Waals surface area (Å²) < 4.78 is 16.0. The first-order valence-corrected chi connectivity index (χ1v) is 7.06. The predicted molar refractivity (Wildman–Crippen MR) is 81.6 cm³/mol. The van der Waals surface area contributed by atoms with E-state index in [1.165, 1.54) is 6.08 Å². The van der Waals surface area contributed by atoms with Crippen LogP contribution in [0.3, 0.4) is 0 Å². The number of fused-ring (bicyclic) bond motifs is 1. The van der Waals surface area contributed by atoms with Crippen molar-refractivity contribution in [2.24, 2.45) is 0 Å². The van der Waals surface area contributed by atoms with Gasteiger partial charge in [0.1, 0.15) is 11.5 Å². The van der Waals surface area contributed by atoms with Crippen LogP contribution < -0.4 is 14.8 Å². The van der Waals surface area contributed by atoms with Gasteiger partial charge in [0.2, 0.25) is 12.7 Å². The highest BCUT2D eigenvalue weighted by Gasteiger charge is 2.16. The molecule has 0 aliphatic carbocycles. The van der Waals surface area contributed by atoms with Gasteiger partial charge in [0.05, 0.1) is 6.04 Å². The third kappa shape index (κ3) is 3.14. The van der Waals surface area contributed by atoms with Gasteiger partial charge >= 0.3 is 0 Å². The number of hydrogen-bond donors (Lipinski definition) is 1. The van der Waals surface area contributed by atoms with Crippen LogP contribution in [0.2, 0.25) is 0 Å². The second kappa shape index (κ2) is 5.97. The highest BCUT2D eigenvalue weighted by atomic mass is 16.7. The first-order valence-electron chi connectivity index (χ1n) is 7.06. The minimum absolute atomic E-state index is 0.134. The molecule has 1 atom stereocenters. The maximum absolute atomic E-state index is 11.9.